The van der Waals surface area contributed by atoms with Gasteiger partial charge in [-0.05, 0) is 32.6 Å². The molecule has 0 bridgehead atoms. The third-order valence-electron chi connectivity index (χ3n) is 3.36. The topological polar surface area (TPSA) is 29.3 Å². The van der Waals surface area contributed by atoms with Crippen molar-refractivity contribution >= 4 is 0 Å². The largest absolute Gasteiger partial charge is 0.329 e. The van der Waals surface area contributed by atoms with E-state index in [1.165, 1.54) is 38.6 Å². The summed E-state index contributed by atoms with van der Waals surface area (Å²) < 4.78 is 0. The zero-order chi connectivity index (χ0) is 10.4. The first-order valence-corrected chi connectivity index (χ1v) is 6.18. The van der Waals surface area contributed by atoms with Crippen molar-refractivity contribution in [1.82, 2.24) is 4.90 Å². The average Bonchev–Trinajstić information content (AvgIpc) is 2.18. The van der Waals surface area contributed by atoms with Crippen LogP contribution in [0.15, 0.2) is 0 Å². The lowest BCUT2D eigenvalue weighted by Crippen LogP contribution is -2.39. The first kappa shape index (κ1) is 12.0. The van der Waals surface area contributed by atoms with Crippen LogP contribution in [-0.4, -0.2) is 30.6 Å². The molecule has 1 saturated carbocycles. The van der Waals surface area contributed by atoms with E-state index in [2.05, 4.69) is 18.7 Å². The van der Waals surface area contributed by atoms with Crippen molar-refractivity contribution in [3.63, 3.8) is 0 Å². The Morgan fingerprint density at radius 1 is 1.21 bits per heavy atom. The van der Waals surface area contributed by atoms with Gasteiger partial charge in [0.15, 0.2) is 0 Å². The Morgan fingerprint density at radius 3 is 2.36 bits per heavy atom. The Labute approximate surface area is 88.8 Å². The maximum absolute atomic E-state index is 5.63. The van der Waals surface area contributed by atoms with Gasteiger partial charge in [-0.25, -0.2) is 0 Å². The molecule has 0 aromatic carbocycles. The van der Waals surface area contributed by atoms with Crippen LogP contribution in [0.25, 0.3) is 0 Å². The summed E-state index contributed by atoms with van der Waals surface area (Å²) >= 11 is 0. The fourth-order valence-electron chi connectivity index (χ4n) is 2.43. The molecule has 0 spiro atoms. The number of hydrogen-bond donors (Lipinski definition) is 1. The van der Waals surface area contributed by atoms with Crippen molar-refractivity contribution < 1.29 is 0 Å². The highest BCUT2D eigenvalue weighted by molar-refractivity contribution is 4.72. The van der Waals surface area contributed by atoms with Gasteiger partial charge in [-0.1, -0.05) is 19.3 Å². The van der Waals surface area contributed by atoms with E-state index in [4.69, 9.17) is 5.73 Å². The van der Waals surface area contributed by atoms with Crippen LogP contribution in [-0.2, 0) is 0 Å². The first-order chi connectivity index (χ1) is 6.74. The average molecular weight is 198 g/mol. The minimum absolute atomic E-state index is 0.653. The Hall–Kier alpha value is -0.0800. The predicted octanol–water partition coefficient (Wildman–Crippen LogP) is 2.24. The minimum atomic E-state index is 0.653. The van der Waals surface area contributed by atoms with Crippen molar-refractivity contribution in [2.45, 2.75) is 52.0 Å². The highest BCUT2D eigenvalue weighted by Gasteiger charge is 2.18. The lowest BCUT2D eigenvalue weighted by molar-refractivity contribution is 0.170. The molecule has 84 valence electrons. The van der Waals surface area contributed by atoms with Crippen LogP contribution in [0, 0.1) is 5.92 Å². The second-order valence-corrected chi connectivity index (χ2v) is 4.88. The summed E-state index contributed by atoms with van der Waals surface area (Å²) in [5.74, 6) is 0.942. The maximum atomic E-state index is 5.63. The molecule has 2 heteroatoms. The van der Waals surface area contributed by atoms with Crippen molar-refractivity contribution in [2.24, 2.45) is 11.7 Å². The molecule has 1 fully saturated rings. The second kappa shape index (κ2) is 6.41. The van der Waals surface area contributed by atoms with Gasteiger partial charge in [-0.2, -0.15) is 0 Å². The van der Waals surface area contributed by atoms with Gasteiger partial charge in [0.2, 0.25) is 0 Å². The van der Waals surface area contributed by atoms with Gasteiger partial charge in [-0.15, -0.1) is 0 Å². The van der Waals surface area contributed by atoms with Crippen LogP contribution in [0.4, 0.5) is 0 Å². The van der Waals surface area contributed by atoms with Gasteiger partial charge in [0.1, 0.15) is 0 Å². The van der Waals surface area contributed by atoms with Crippen LogP contribution < -0.4 is 5.73 Å². The van der Waals surface area contributed by atoms with Gasteiger partial charge >= 0.3 is 0 Å². The van der Waals surface area contributed by atoms with E-state index in [1.54, 1.807) is 0 Å². The Morgan fingerprint density at radius 2 is 1.86 bits per heavy atom. The van der Waals surface area contributed by atoms with Crippen LogP contribution in [0.2, 0.25) is 0 Å². The van der Waals surface area contributed by atoms with E-state index in [-0.39, 0.29) is 0 Å². The zero-order valence-electron chi connectivity index (χ0n) is 9.84. The lowest BCUT2D eigenvalue weighted by atomic mass is 9.88. The molecule has 1 rings (SSSR count). The summed E-state index contributed by atoms with van der Waals surface area (Å²) in [4.78, 5) is 2.54. The monoisotopic (exact) mass is 198 g/mol. The Kier molecular flexibility index (Phi) is 5.49. The summed E-state index contributed by atoms with van der Waals surface area (Å²) in [5, 5.41) is 0. The summed E-state index contributed by atoms with van der Waals surface area (Å²) in [5.41, 5.74) is 5.63. The first-order valence-electron chi connectivity index (χ1n) is 6.18. The van der Waals surface area contributed by atoms with Gasteiger partial charge < -0.3 is 5.73 Å². The number of rotatable bonds is 5. The summed E-state index contributed by atoms with van der Waals surface area (Å²) in [6, 6.07) is 0.653. The molecule has 1 aliphatic rings. The predicted molar refractivity (Wildman–Crippen MR) is 62.3 cm³/mol. The highest BCUT2D eigenvalue weighted by Crippen LogP contribution is 2.24. The van der Waals surface area contributed by atoms with Gasteiger partial charge in [0.05, 0.1) is 0 Å². The summed E-state index contributed by atoms with van der Waals surface area (Å²) in [6.45, 7) is 7.69. The molecule has 0 unspecified atom stereocenters. The third-order valence-corrected chi connectivity index (χ3v) is 3.36. The van der Waals surface area contributed by atoms with Gasteiger partial charge in [-0.3, -0.25) is 4.90 Å². The maximum Gasteiger partial charge on any atom is 0.0107 e. The molecule has 2 N–H and O–H groups in total. The van der Waals surface area contributed by atoms with Gasteiger partial charge in [0, 0.05) is 25.7 Å². The molecule has 0 amide bonds. The number of nitrogens with zero attached hydrogens (tertiary/aromatic N) is 1. The van der Waals surface area contributed by atoms with Crippen LogP contribution in [0.5, 0.6) is 0 Å². The van der Waals surface area contributed by atoms with E-state index < -0.39 is 0 Å². The molecule has 14 heavy (non-hydrogen) atoms. The van der Waals surface area contributed by atoms with Crippen molar-refractivity contribution in [3.8, 4) is 0 Å². The minimum Gasteiger partial charge on any atom is -0.329 e. The van der Waals surface area contributed by atoms with Crippen molar-refractivity contribution in [3.05, 3.63) is 0 Å². The van der Waals surface area contributed by atoms with Crippen LogP contribution in [0.3, 0.4) is 0 Å². The summed E-state index contributed by atoms with van der Waals surface area (Å²) in [7, 11) is 0. The molecule has 0 saturated heterocycles. The van der Waals surface area contributed by atoms with Crippen molar-refractivity contribution in [2.75, 3.05) is 19.6 Å². The number of hydrogen-bond acceptors (Lipinski definition) is 2. The normalized spacial score (nSPS) is 19.5. The fourth-order valence-corrected chi connectivity index (χ4v) is 2.43. The van der Waals surface area contributed by atoms with E-state index in [0.717, 1.165) is 19.0 Å². The molecular formula is C12H26N2. The SMILES string of the molecule is CC(C)N(CCN)CC1CCCCC1. The molecule has 2 nitrogen and oxygen atoms in total. The second-order valence-electron chi connectivity index (χ2n) is 4.88. The Balaban J connectivity index is 2.29. The van der Waals surface area contributed by atoms with Crippen LogP contribution >= 0.6 is 0 Å². The van der Waals surface area contributed by atoms with E-state index in [1.807, 2.05) is 0 Å². The standard InChI is InChI=1S/C12H26N2/c1-11(2)14(9-8-13)10-12-6-4-3-5-7-12/h11-12H,3-10,13H2,1-2H3. The number of nitrogens with two attached hydrogens (primary N) is 1. The molecule has 0 aromatic rings. The quantitative estimate of drug-likeness (QED) is 0.734. The zero-order valence-corrected chi connectivity index (χ0v) is 9.84. The molecule has 0 radical (unpaired) electrons. The van der Waals surface area contributed by atoms with E-state index >= 15 is 0 Å². The molecule has 0 aromatic heterocycles. The van der Waals surface area contributed by atoms with E-state index in [0.29, 0.717) is 6.04 Å². The fraction of sp³-hybridized carbons (Fsp3) is 1.00. The van der Waals surface area contributed by atoms with Crippen molar-refractivity contribution in [1.29, 1.82) is 0 Å². The molecule has 0 atom stereocenters. The molecule has 0 aliphatic heterocycles. The summed E-state index contributed by atoms with van der Waals surface area (Å²) in [6.07, 6.45) is 7.22. The molecular weight excluding hydrogens is 172 g/mol. The third kappa shape index (κ3) is 3.97. The van der Waals surface area contributed by atoms with Gasteiger partial charge in [0.25, 0.3) is 0 Å². The smallest absolute Gasteiger partial charge is 0.0107 e. The highest BCUT2D eigenvalue weighted by atomic mass is 15.1. The Bertz CT molecular complexity index is 139. The van der Waals surface area contributed by atoms with Crippen LogP contribution in [0.1, 0.15) is 46.0 Å². The molecule has 0 heterocycles. The van der Waals surface area contributed by atoms with E-state index in [9.17, 15) is 0 Å². The lowest BCUT2D eigenvalue weighted by Gasteiger charge is -2.32. The molecule has 1 aliphatic carbocycles.